The van der Waals surface area contributed by atoms with Crippen LogP contribution in [0.25, 0.3) is 10.8 Å². The van der Waals surface area contributed by atoms with Gasteiger partial charge in [0.1, 0.15) is 17.5 Å². The Kier molecular flexibility index (Phi) is 12.3. The van der Waals surface area contributed by atoms with Crippen molar-refractivity contribution >= 4 is 50.1 Å². The Morgan fingerprint density at radius 3 is 2.47 bits per heavy atom. The van der Waals surface area contributed by atoms with Crippen LogP contribution in [-0.4, -0.2) is 92.1 Å². The van der Waals surface area contributed by atoms with Crippen LogP contribution in [0.1, 0.15) is 106 Å². The highest BCUT2D eigenvalue weighted by Gasteiger charge is 2.62. The maximum absolute atomic E-state index is 15.1. The van der Waals surface area contributed by atoms with Gasteiger partial charge < -0.3 is 24.0 Å². The number of benzene rings is 1. The minimum Gasteiger partial charge on any atom is -0.494 e. The Labute approximate surface area is 343 Å². The molecule has 2 aromatic rings. The number of hydrogen-bond donors (Lipinski definition) is 1. The van der Waals surface area contributed by atoms with E-state index in [0.717, 1.165) is 23.9 Å². The Balaban J connectivity index is 1.38. The molecular weight excluding hydrogens is 761 g/mol. The van der Waals surface area contributed by atoms with Gasteiger partial charge in [0.05, 0.1) is 48.4 Å². The Morgan fingerprint density at radius 1 is 1.10 bits per heavy atom. The van der Waals surface area contributed by atoms with Crippen LogP contribution in [0.3, 0.4) is 0 Å². The number of hydrogen-bond acceptors (Lipinski definition) is 11. The van der Waals surface area contributed by atoms with Gasteiger partial charge in [-0.25, -0.2) is 13.4 Å². The van der Waals surface area contributed by atoms with Crippen molar-refractivity contribution in [3.63, 3.8) is 0 Å². The molecule has 2 aliphatic carbocycles. The molecular formula is C44H62N4O9S. The fourth-order valence-electron chi connectivity index (χ4n) is 8.78. The molecule has 0 bridgehead atoms. The van der Waals surface area contributed by atoms with Crippen molar-refractivity contribution < 1.29 is 41.8 Å². The number of esters is 1. The first-order valence-electron chi connectivity index (χ1n) is 20.8. The number of ether oxygens (including phenoxy) is 3. The number of anilines is 1. The summed E-state index contributed by atoms with van der Waals surface area (Å²) in [5, 5.41) is 1.48. The van der Waals surface area contributed by atoms with Crippen LogP contribution in [0, 0.1) is 29.1 Å². The van der Waals surface area contributed by atoms with Crippen molar-refractivity contribution in [1.82, 2.24) is 14.6 Å². The van der Waals surface area contributed by atoms with E-state index in [0.29, 0.717) is 49.1 Å². The zero-order valence-electron chi connectivity index (χ0n) is 35.6. The van der Waals surface area contributed by atoms with Gasteiger partial charge in [-0.2, -0.15) is 0 Å². The number of rotatable bonds is 10. The number of sulfonamides is 1. The number of aromatic nitrogens is 1. The van der Waals surface area contributed by atoms with Crippen LogP contribution in [0.2, 0.25) is 0 Å². The molecule has 0 unspecified atom stereocenters. The van der Waals surface area contributed by atoms with Gasteiger partial charge in [0.15, 0.2) is 5.78 Å². The summed E-state index contributed by atoms with van der Waals surface area (Å²) in [5.74, 6) is -2.02. The lowest BCUT2D eigenvalue weighted by Crippen LogP contribution is -2.48. The molecule has 1 aromatic heterocycles. The number of pyridine rings is 1. The third kappa shape index (κ3) is 9.16. The second-order valence-electron chi connectivity index (χ2n) is 18.6. The maximum Gasteiger partial charge on any atom is 0.307 e. The van der Waals surface area contributed by atoms with Crippen molar-refractivity contribution in [3.8, 4) is 11.6 Å². The van der Waals surface area contributed by atoms with Crippen LogP contribution < -0.4 is 19.1 Å². The lowest BCUT2D eigenvalue weighted by molar-refractivity contribution is -0.160. The quantitative estimate of drug-likeness (QED) is 0.209. The minimum absolute atomic E-state index is 0.0479. The van der Waals surface area contributed by atoms with Gasteiger partial charge in [-0.15, -0.1) is 0 Å². The van der Waals surface area contributed by atoms with Crippen molar-refractivity contribution in [1.29, 1.82) is 0 Å². The Bertz CT molecular complexity index is 2060. The predicted octanol–water partition coefficient (Wildman–Crippen LogP) is 6.37. The second kappa shape index (κ2) is 16.5. The summed E-state index contributed by atoms with van der Waals surface area (Å²) in [6.45, 7) is 11.2. The van der Waals surface area contributed by atoms with E-state index in [9.17, 15) is 22.8 Å². The topological polar surface area (TPSA) is 162 Å². The van der Waals surface area contributed by atoms with Gasteiger partial charge in [-0.3, -0.25) is 23.9 Å². The van der Waals surface area contributed by atoms with Gasteiger partial charge in [0.2, 0.25) is 27.7 Å². The largest absolute Gasteiger partial charge is 0.494 e. The van der Waals surface area contributed by atoms with Crippen LogP contribution in [0.15, 0.2) is 36.5 Å². The highest BCUT2D eigenvalue weighted by molar-refractivity contribution is 7.91. The number of carbonyl (C=O) groups excluding carboxylic acids is 4. The summed E-state index contributed by atoms with van der Waals surface area (Å²) in [6.07, 6.45) is 8.75. The summed E-state index contributed by atoms with van der Waals surface area (Å²) in [6, 6.07) is 4.85. The van der Waals surface area contributed by atoms with Crippen molar-refractivity contribution in [3.05, 3.63) is 36.5 Å². The van der Waals surface area contributed by atoms with Gasteiger partial charge in [-0.1, -0.05) is 32.4 Å². The molecule has 1 aromatic carbocycles. The number of allylic oxidation sites excluding steroid dienone is 2. The van der Waals surface area contributed by atoms with Gasteiger partial charge in [-0.05, 0) is 102 Å². The molecule has 1 saturated heterocycles. The third-order valence-corrected chi connectivity index (χ3v) is 14.9. The zero-order chi connectivity index (χ0) is 42.4. The monoisotopic (exact) mass is 822 g/mol. The van der Waals surface area contributed by atoms with Gasteiger partial charge in [0, 0.05) is 43.4 Å². The molecule has 4 aliphatic rings. The minimum atomic E-state index is -3.96. The van der Waals surface area contributed by atoms with Crippen molar-refractivity contribution in [2.45, 2.75) is 128 Å². The number of nitrogens with one attached hydrogen (secondary N) is 1. The average Bonchev–Trinajstić information content (AvgIpc) is 4.03. The molecule has 0 spiro atoms. The molecule has 14 heteroatoms. The summed E-state index contributed by atoms with van der Waals surface area (Å²) in [5.41, 5.74) is -1.08. The van der Waals surface area contributed by atoms with E-state index < -0.39 is 55.7 Å². The molecule has 318 valence electrons. The molecule has 0 radical (unpaired) electrons. The summed E-state index contributed by atoms with van der Waals surface area (Å²) >= 11 is 0. The first-order chi connectivity index (χ1) is 27.2. The Morgan fingerprint density at radius 2 is 1.83 bits per heavy atom. The number of nitrogens with zero attached hydrogens (tertiary/aromatic N) is 3. The molecule has 2 amide bonds. The number of methoxy groups -OCH3 is 1. The van der Waals surface area contributed by atoms with Crippen molar-refractivity contribution in [2.24, 2.45) is 29.1 Å². The molecule has 6 rings (SSSR count). The van der Waals surface area contributed by atoms with Crippen molar-refractivity contribution in [2.75, 3.05) is 32.6 Å². The van der Waals surface area contributed by atoms with E-state index in [4.69, 9.17) is 14.2 Å². The standard InChI is InChI=1S/C44H62N4O9S/c1-10-28-19-27(2)13-11-12-14-29-23-44(29,41(52)46-58(53,54)43(6)17-18-43)24-36(49)35-21-31(26-48(35)40(51)33(28)22-38(50)57-42(3,4)5)56-39-32-16-15-30(47(7)8)20-34(32)37(55-9)25-45-39/h12,14-16,20,25,27-29,31,33,35H,10-11,13,17-19,21-24,26H2,1-9H3,(H,46,52)/b14-12-/t27-,28+,29+,31+,33-,35-,44+/m0/s1. The van der Waals surface area contributed by atoms with Gasteiger partial charge >= 0.3 is 5.97 Å². The molecule has 58 heavy (non-hydrogen) atoms. The maximum atomic E-state index is 15.1. The predicted molar refractivity (Wildman–Crippen MR) is 222 cm³/mol. The van der Waals surface area contributed by atoms with Crippen LogP contribution in [0.4, 0.5) is 5.69 Å². The second-order valence-corrected chi connectivity index (χ2v) is 20.8. The summed E-state index contributed by atoms with van der Waals surface area (Å²) < 4.78 is 45.9. The summed E-state index contributed by atoms with van der Waals surface area (Å²) in [7, 11) is 1.50. The van der Waals surface area contributed by atoms with E-state index >= 15 is 4.79 Å². The first kappa shape index (κ1) is 43.4. The zero-order valence-corrected chi connectivity index (χ0v) is 36.4. The van der Waals surface area contributed by atoms with E-state index in [1.165, 1.54) is 0 Å². The van der Waals surface area contributed by atoms with E-state index in [2.05, 4.69) is 16.6 Å². The molecule has 1 N–H and O–H groups in total. The van der Waals surface area contributed by atoms with E-state index in [-0.39, 0.29) is 55.3 Å². The lowest BCUT2D eigenvalue weighted by Gasteiger charge is -2.33. The average molecular weight is 823 g/mol. The molecule has 2 aliphatic heterocycles. The molecule has 2 saturated carbocycles. The van der Waals surface area contributed by atoms with Crippen LogP contribution >= 0.6 is 0 Å². The SMILES string of the molecule is CC[C@@H]1C[C@@H](C)CC/C=C\[C@@H]2C[C@@]2(C(=O)NS(=O)(=O)C2(C)CC2)CC(=O)[C@@H]2C[C@@H](Oc3ncc(OC)c4cc(N(C)C)ccc34)CN2C(=O)[C@H]1CC(=O)OC(C)(C)C. The molecule has 3 heterocycles. The fraction of sp³-hybridized carbons (Fsp3) is 0.659. The molecule has 7 atom stereocenters. The lowest BCUT2D eigenvalue weighted by atomic mass is 9.79. The third-order valence-electron chi connectivity index (χ3n) is 12.8. The number of fused-ring (bicyclic) bond motifs is 3. The van der Waals surface area contributed by atoms with Crippen LogP contribution in [0.5, 0.6) is 11.6 Å². The smallest absolute Gasteiger partial charge is 0.307 e. The number of carbonyl (C=O) groups is 4. The highest BCUT2D eigenvalue weighted by atomic mass is 32.2. The summed E-state index contributed by atoms with van der Waals surface area (Å²) in [4.78, 5) is 65.6. The first-order valence-corrected chi connectivity index (χ1v) is 22.3. The number of Topliss-reactive ketones (excluding diaryl/α,β-unsaturated/α-hetero) is 1. The fourth-order valence-corrected chi connectivity index (χ4v) is 10.1. The Hall–Kier alpha value is -4.20. The van der Waals surface area contributed by atoms with E-state index in [1.807, 2.05) is 56.3 Å². The van der Waals surface area contributed by atoms with Crippen LogP contribution in [-0.2, 0) is 33.9 Å². The molecule has 13 nitrogen and oxygen atoms in total. The molecule has 3 fully saturated rings. The van der Waals surface area contributed by atoms with E-state index in [1.54, 1.807) is 45.9 Å². The highest BCUT2D eigenvalue weighted by Crippen LogP contribution is 2.58. The van der Waals surface area contributed by atoms with Gasteiger partial charge in [0.25, 0.3) is 0 Å². The normalized spacial score (nSPS) is 29.3. The number of ketones is 1. The number of amides is 2.